The van der Waals surface area contributed by atoms with Gasteiger partial charge in [0.25, 0.3) is 10.0 Å². The Morgan fingerprint density at radius 2 is 1.62 bits per heavy atom. The van der Waals surface area contributed by atoms with Crippen LogP contribution >= 0.6 is 11.6 Å². The van der Waals surface area contributed by atoms with Gasteiger partial charge in [-0.3, -0.25) is 14.3 Å². The first-order valence-electron chi connectivity index (χ1n) is 9.48. The SMILES string of the molecule is COc1cccc(NS(=O)(=O)c2ccc(N=C3C(=O)c4ccccc4C(=O)C3Cl)cc2)c1. The minimum Gasteiger partial charge on any atom is -0.497 e. The molecule has 0 spiro atoms. The molecule has 0 saturated heterocycles. The van der Waals surface area contributed by atoms with Gasteiger partial charge in [-0.2, -0.15) is 0 Å². The number of halogens is 1. The molecule has 1 N–H and O–H groups in total. The number of nitrogens with one attached hydrogen (secondary N) is 1. The van der Waals surface area contributed by atoms with E-state index in [1.54, 1.807) is 48.5 Å². The molecular formula is C23H17ClN2O5S. The maximum atomic E-state index is 12.8. The topological polar surface area (TPSA) is 102 Å². The van der Waals surface area contributed by atoms with Gasteiger partial charge in [-0.15, -0.1) is 11.6 Å². The van der Waals surface area contributed by atoms with Crippen LogP contribution in [-0.4, -0.2) is 38.2 Å². The molecule has 32 heavy (non-hydrogen) atoms. The van der Waals surface area contributed by atoms with Gasteiger partial charge >= 0.3 is 0 Å². The molecule has 0 aromatic heterocycles. The van der Waals surface area contributed by atoms with E-state index in [0.29, 0.717) is 17.1 Å². The van der Waals surface area contributed by atoms with Gasteiger partial charge in [0, 0.05) is 17.2 Å². The van der Waals surface area contributed by atoms with E-state index >= 15 is 0 Å². The zero-order chi connectivity index (χ0) is 22.9. The molecule has 0 saturated carbocycles. The second-order valence-electron chi connectivity index (χ2n) is 6.93. The van der Waals surface area contributed by atoms with Crippen molar-refractivity contribution in [3.8, 4) is 5.75 Å². The number of nitrogens with zero attached hydrogens (tertiary/aromatic N) is 1. The number of ether oxygens (including phenoxy) is 1. The van der Waals surface area contributed by atoms with E-state index in [0.717, 1.165) is 0 Å². The lowest BCUT2D eigenvalue weighted by molar-refractivity contribution is 0.0968. The summed E-state index contributed by atoms with van der Waals surface area (Å²) in [4.78, 5) is 29.5. The Bertz CT molecular complexity index is 1350. The van der Waals surface area contributed by atoms with Crippen molar-refractivity contribution in [3.05, 3.63) is 83.9 Å². The number of Topliss-reactive ketones (excluding diaryl/α,β-unsaturated/α-hetero) is 2. The number of rotatable bonds is 5. The minimum atomic E-state index is -3.86. The number of methoxy groups -OCH3 is 1. The molecule has 0 radical (unpaired) electrons. The number of alkyl halides is 1. The van der Waals surface area contributed by atoms with E-state index in [-0.39, 0.29) is 21.7 Å². The summed E-state index contributed by atoms with van der Waals surface area (Å²) in [5.41, 5.74) is 1.06. The van der Waals surface area contributed by atoms with Gasteiger partial charge < -0.3 is 4.74 Å². The van der Waals surface area contributed by atoms with Crippen molar-refractivity contribution in [2.45, 2.75) is 10.3 Å². The lowest BCUT2D eigenvalue weighted by atomic mass is 9.88. The number of carbonyl (C=O) groups excluding carboxylic acids is 2. The Balaban J connectivity index is 1.60. The van der Waals surface area contributed by atoms with Gasteiger partial charge in [-0.25, -0.2) is 13.4 Å². The normalized spacial score (nSPS) is 17.2. The number of fused-ring (bicyclic) bond motifs is 1. The summed E-state index contributed by atoms with van der Waals surface area (Å²) >= 11 is 6.21. The summed E-state index contributed by atoms with van der Waals surface area (Å²) in [7, 11) is -2.37. The standard InChI is InChI=1S/C23H17ClN2O5S/c1-31-16-6-4-5-15(13-16)26-32(29,30)17-11-9-14(10-12-17)25-21-20(24)22(27)18-7-2-3-8-19(18)23(21)28/h2-13,20,26H,1H3. The molecule has 7 nitrogen and oxygen atoms in total. The molecule has 1 unspecified atom stereocenters. The van der Waals surface area contributed by atoms with Crippen LogP contribution < -0.4 is 9.46 Å². The number of carbonyl (C=O) groups is 2. The summed E-state index contributed by atoms with van der Waals surface area (Å²) in [6, 6.07) is 18.5. The molecule has 1 aliphatic rings. The molecule has 3 aromatic rings. The fourth-order valence-electron chi connectivity index (χ4n) is 3.26. The van der Waals surface area contributed by atoms with Crippen LogP contribution in [0.25, 0.3) is 0 Å². The first kappa shape index (κ1) is 21.7. The fourth-order valence-corrected chi connectivity index (χ4v) is 4.57. The third-order valence-corrected chi connectivity index (χ3v) is 6.66. The van der Waals surface area contributed by atoms with Gasteiger partial charge in [0.1, 0.15) is 16.8 Å². The van der Waals surface area contributed by atoms with Crippen molar-refractivity contribution < 1.29 is 22.7 Å². The fraction of sp³-hybridized carbons (Fsp3) is 0.0870. The molecule has 1 aliphatic carbocycles. The van der Waals surface area contributed by atoms with Gasteiger partial charge in [-0.05, 0) is 36.4 Å². The van der Waals surface area contributed by atoms with Crippen LogP contribution in [0.1, 0.15) is 20.7 Å². The maximum absolute atomic E-state index is 12.8. The Hall–Kier alpha value is -3.49. The molecule has 0 fully saturated rings. The van der Waals surface area contributed by atoms with Crippen LogP contribution in [0.4, 0.5) is 11.4 Å². The smallest absolute Gasteiger partial charge is 0.261 e. The summed E-state index contributed by atoms with van der Waals surface area (Å²) in [5.74, 6) is -0.320. The van der Waals surface area contributed by atoms with Crippen molar-refractivity contribution in [1.82, 2.24) is 0 Å². The third-order valence-electron chi connectivity index (χ3n) is 4.86. The summed E-state index contributed by atoms with van der Waals surface area (Å²) < 4.78 is 32.9. The molecule has 0 heterocycles. The zero-order valence-electron chi connectivity index (χ0n) is 16.8. The Morgan fingerprint density at radius 3 is 2.31 bits per heavy atom. The van der Waals surface area contributed by atoms with Gasteiger partial charge in [0.2, 0.25) is 5.78 Å². The lowest BCUT2D eigenvalue weighted by Crippen LogP contribution is -2.37. The van der Waals surface area contributed by atoms with Crippen molar-refractivity contribution >= 4 is 50.3 Å². The highest BCUT2D eigenvalue weighted by atomic mass is 35.5. The van der Waals surface area contributed by atoms with E-state index in [1.165, 1.54) is 31.4 Å². The Morgan fingerprint density at radius 1 is 0.938 bits per heavy atom. The van der Waals surface area contributed by atoms with E-state index in [9.17, 15) is 18.0 Å². The molecule has 4 rings (SSSR count). The quantitative estimate of drug-likeness (QED) is 0.564. The largest absolute Gasteiger partial charge is 0.497 e. The zero-order valence-corrected chi connectivity index (χ0v) is 18.4. The Kier molecular flexibility index (Phi) is 5.82. The predicted molar refractivity (Wildman–Crippen MR) is 122 cm³/mol. The molecular weight excluding hydrogens is 452 g/mol. The third kappa shape index (κ3) is 4.15. The monoisotopic (exact) mass is 468 g/mol. The number of sulfonamides is 1. The molecule has 0 amide bonds. The van der Waals surface area contributed by atoms with Gasteiger partial charge in [0.05, 0.1) is 23.4 Å². The van der Waals surface area contributed by atoms with E-state index < -0.39 is 27.0 Å². The molecule has 162 valence electrons. The minimum absolute atomic E-state index is 0.00286. The molecule has 0 bridgehead atoms. The Labute approximate surface area is 189 Å². The van der Waals surface area contributed by atoms with Crippen LogP contribution in [0.5, 0.6) is 5.75 Å². The summed E-state index contributed by atoms with van der Waals surface area (Å²) in [6.45, 7) is 0. The number of hydrogen-bond donors (Lipinski definition) is 1. The van der Waals surface area contributed by atoms with Crippen LogP contribution in [-0.2, 0) is 10.0 Å². The van der Waals surface area contributed by atoms with Gasteiger partial charge in [-0.1, -0.05) is 30.3 Å². The average Bonchev–Trinajstić information content (AvgIpc) is 2.80. The van der Waals surface area contributed by atoms with Crippen LogP contribution in [0, 0.1) is 0 Å². The molecule has 9 heteroatoms. The lowest BCUT2D eigenvalue weighted by Gasteiger charge is -2.19. The van der Waals surface area contributed by atoms with Crippen LogP contribution in [0.2, 0.25) is 0 Å². The number of ketones is 2. The van der Waals surface area contributed by atoms with Crippen molar-refractivity contribution in [2.75, 3.05) is 11.8 Å². The highest BCUT2D eigenvalue weighted by Crippen LogP contribution is 2.27. The number of benzene rings is 3. The van der Waals surface area contributed by atoms with Crippen LogP contribution in [0.15, 0.2) is 82.7 Å². The predicted octanol–water partition coefficient (Wildman–Crippen LogP) is 4.26. The van der Waals surface area contributed by atoms with Crippen LogP contribution in [0.3, 0.4) is 0 Å². The second kappa shape index (κ2) is 8.57. The number of anilines is 1. The highest BCUT2D eigenvalue weighted by Gasteiger charge is 2.37. The summed E-state index contributed by atoms with van der Waals surface area (Å²) in [6.07, 6.45) is 0. The molecule has 0 aliphatic heterocycles. The van der Waals surface area contributed by atoms with Crippen molar-refractivity contribution in [2.24, 2.45) is 4.99 Å². The van der Waals surface area contributed by atoms with Crippen molar-refractivity contribution in [1.29, 1.82) is 0 Å². The maximum Gasteiger partial charge on any atom is 0.261 e. The number of hydrogen-bond acceptors (Lipinski definition) is 6. The van der Waals surface area contributed by atoms with Crippen molar-refractivity contribution in [3.63, 3.8) is 0 Å². The first-order chi connectivity index (χ1) is 15.3. The number of aliphatic imine (C=N–C) groups is 1. The van der Waals surface area contributed by atoms with Gasteiger partial charge in [0.15, 0.2) is 5.78 Å². The van der Waals surface area contributed by atoms with E-state index in [4.69, 9.17) is 16.3 Å². The first-order valence-corrected chi connectivity index (χ1v) is 11.4. The molecule has 1 atom stereocenters. The van der Waals surface area contributed by atoms with E-state index in [1.807, 2.05) is 0 Å². The second-order valence-corrected chi connectivity index (χ2v) is 9.05. The average molecular weight is 469 g/mol. The highest BCUT2D eigenvalue weighted by molar-refractivity contribution is 7.92. The summed E-state index contributed by atoms with van der Waals surface area (Å²) in [5, 5.41) is -1.21. The molecule has 3 aromatic carbocycles. The van der Waals surface area contributed by atoms with E-state index in [2.05, 4.69) is 9.71 Å².